The van der Waals surface area contributed by atoms with Crippen molar-refractivity contribution >= 4 is 17.6 Å². The predicted octanol–water partition coefficient (Wildman–Crippen LogP) is 0.674. The third-order valence-corrected chi connectivity index (χ3v) is 3.14. The highest BCUT2D eigenvalue weighted by Crippen LogP contribution is 2.16. The molecule has 8 nitrogen and oxygen atoms in total. The lowest BCUT2D eigenvalue weighted by Crippen LogP contribution is -2.51. The van der Waals surface area contributed by atoms with Gasteiger partial charge in [-0.15, -0.1) is 0 Å². The summed E-state index contributed by atoms with van der Waals surface area (Å²) in [4.78, 5) is 13.7. The Morgan fingerprint density at radius 3 is 2.86 bits per heavy atom. The molecule has 1 aromatic rings. The van der Waals surface area contributed by atoms with E-state index in [-0.39, 0.29) is 18.4 Å². The number of hydrogen-bond acceptors (Lipinski definition) is 5. The third-order valence-electron chi connectivity index (χ3n) is 3.14. The minimum Gasteiger partial charge on any atom is -0.497 e. The minimum atomic E-state index is -0.592. The van der Waals surface area contributed by atoms with E-state index in [4.69, 9.17) is 20.4 Å². The summed E-state index contributed by atoms with van der Waals surface area (Å²) in [5.74, 6) is 0.670. The number of nitrogens with zero attached hydrogens (tertiary/aromatic N) is 2. The number of carbonyl (C=O) groups excluding carboxylic acids is 1. The summed E-state index contributed by atoms with van der Waals surface area (Å²) in [6.45, 7) is 1.01. The maximum absolute atomic E-state index is 12.2. The largest absolute Gasteiger partial charge is 0.497 e. The molecule has 2 rings (SSSR count). The van der Waals surface area contributed by atoms with Crippen LogP contribution in [0.25, 0.3) is 0 Å². The van der Waals surface area contributed by atoms with Crippen LogP contribution in [0.2, 0.25) is 0 Å². The van der Waals surface area contributed by atoms with Crippen LogP contribution in [0.4, 0.5) is 10.5 Å². The zero-order valence-electron chi connectivity index (χ0n) is 11.7. The quantitative estimate of drug-likeness (QED) is 0.328. The van der Waals surface area contributed by atoms with Gasteiger partial charge in [0.15, 0.2) is 5.84 Å². The highest BCUT2D eigenvalue weighted by molar-refractivity contribution is 5.90. The minimum absolute atomic E-state index is 0.0445. The van der Waals surface area contributed by atoms with Gasteiger partial charge >= 0.3 is 6.03 Å². The number of urea groups is 1. The van der Waals surface area contributed by atoms with Crippen molar-refractivity contribution in [3.8, 4) is 5.75 Å². The highest BCUT2D eigenvalue weighted by Gasteiger charge is 2.27. The van der Waals surface area contributed by atoms with Crippen molar-refractivity contribution in [3.05, 3.63) is 24.3 Å². The van der Waals surface area contributed by atoms with Crippen molar-refractivity contribution in [2.75, 3.05) is 32.1 Å². The first-order chi connectivity index (χ1) is 10.1. The summed E-state index contributed by atoms with van der Waals surface area (Å²) < 4.78 is 10.4. The summed E-state index contributed by atoms with van der Waals surface area (Å²) in [7, 11) is 1.58. The maximum Gasteiger partial charge on any atom is 0.322 e. The summed E-state index contributed by atoms with van der Waals surface area (Å²) in [5, 5.41) is 14.3. The van der Waals surface area contributed by atoms with Gasteiger partial charge in [-0.05, 0) is 24.3 Å². The van der Waals surface area contributed by atoms with Crippen LogP contribution < -0.4 is 15.8 Å². The zero-order valence-corrected chi connectivity index (χ0v) is 11.7. The number of methoxy groups -OCH3 is 1. The van der Waals surface area contributed by atoms with E-state index in [9.17, 15) is 4.79 Å². The van der Waals surface area contributed by atoms with E-state index >= 15 is 0 Å². The van der Waals surface area contributed by atoms with Gasteiger partial charge in [0.25, 0.3) is 0 Å². The first kappa shape index (κ1) is 14.9. The molecule has 1 saturated heterocycles. The Balaban J connectivity index is 1.95. The number of anilines is 1. The van der Waals surface area contributed by atoms with Gasteiger partial charge in [0.05, 0.1) is 20.3 Å². The van der Waals surface area contributed by atoms with Gasteiger partial charge in [-0.1, -0.05) is 5.16 Å². The van der Waals surface area contributed by atoms with Crippen LogP contribution in [0.5, 0.6) is 5.75 Å². The Hall–Kier alpha value is -2.48. The molecule has 114 valence electrons. The molecule has 0 spiro atoms. The number of amides is 2. The summed E-state index contributed by atoms with van der Waals surface area (Å²) in [6, 6.07) is 6.75. The summed E-state index contributed by atoms with van der Waals surface area (Å²) in [5.41, 5.74) is 6.16. The normalized spacial score (nSPS) is 19.2. The Labute approximate surface area is 122 Å². The molecular weight excluding hydrogens is 276 g/mol. The van der Waals surface area contributed by atoms with Crippen LogP contribution in [0.1, 0.15) is 0 Å². The molecule has 1 unspecified atom stereocenters. The standard InChI is InChI=1S/C13H18N4O4/c1-20-10-4-2-9(3-5-10)15-13(18)17-6-7-21-11(8-17)12(14)16-19/h2-5,11,19H,6-8H2,1H3,(H2,14,16)(H,15,18). The van der Waals surface area contributed by atoms with Gasteiger partial charge in [-0.25, -0.2) is 4.79 Å². The molecule has 2 amide bonds. The van der Waals surface area contributed by atoms with Crippen molar-refractivity contribution in [2.24, 2.45) is 10.9 Å². The van der Waals surface area contributed by atoms with Crippen LogP contribution >= 0.6 is 0 Å². The Bertz CT molecular complexity index is 517. The topological polar surface area (TPSA) is 109 Å². The van der Waals surface area contributed by atoms with Gasteiger partial charge < -0.3 is 30.6 Å². The highest BCUT2D eigenvalue weighted by atomic mass is 16.5. The van der Waals surface area contributed by atoms with Crippen LogP contribution in [0.3, 0.4) is 0 Å². The molecule has 0 aliphatic carbocycles. The van der Waals surface area contributed by atoms with Gasteiger partial charge in [-0.2, -0.15) is 0 Å². The zero-order chi connectivity index (χ0) is 15.2. The van der Waals surface area contributed by atoms with Gasteiger partial charge in [0.2, 0.25) is 0 Å². The molecule has 1 aliphatic rings. The Kier molecular flexibility index (Phi) is 4.83. The second-order valence-electron chi connectivity index (χ2n) is 4.49. The molecule has 1 aliphatic heterocycles. The molecule has 21 heavy (non-hydrogen) atoms. The first-order valence-corrected chi connectivity index (χ1v) is 6.43. The molecule has 0 aromatic heterocycles. The van der Waals surface area contributed by atoms with E-state index in [1.54, 1.807) is 36.3 Å². The number of rotatable bonds is 3. The van der Waals surface area contributed by atoms with Crippen molar-refractivity contribution in [1.82, 2.24) is 4.90 Å². The lowest BCUT2D eigenvalue weighted by Gasteiger charge is -2.32. The number of nitrogens with one attached hydrogen (secondary N) is 1. The molecule has 0 saturated carbocycles. The van der Waals surface area contributed by atoms with Crippen molar-refractivity contribution in [2.45, 2.75) is 6.10 Å². The Morgan fingerprint density at radius 1 is 1.52 bits per heavy atom. The lowest BCUT2D eigenvalue weighted by molar-refractivity contribution is 0.0223. The maximum atomic E-state index is 12.2. The molecule has 0 bridgehead atoms. The van der Waals surface area contributed by atoms with Crippen LogP contribution in [0.15, 0.2) is 29.4 Å². The second-order valence-corrected chi connectivity index (χ2v) is 4.49. The van der Waals surface area contributed by atoms with Gasteiger partial charge in [-0.3, -0.25) is 0 Å². The fourth-order valence-corrected chi connectivity index (χ4v) is 1.95. The number of ether oxygens (including phenoxy) is 2. The molecule has 0 radical (unpaired) electrons. The molecule has 4 N–H and O–H groups in total. The van der Waals surface area contributed by atoms with E-state index in [0.29, 0.717) is 24.6 Å². The molecule has 1 heterocycles. The Morgan fingerprint density at radius 2 is 2.24 bits per heavy atom. The fraction of sp³-hybridized carbons (Fsp3) is 0.385. The summed E-state index contributed by atoms with van der Waals surface area (Å²) in [6.07, 6.45) is -0.592. The molecule has 1 fully saturated rings. The number of carbonyl (C=O) groups is 1. The van der Waals surface area contributed by atoms with E-state index in [1.807, 2.05) is 0 Å². The summed E-state index contributed by atoms with van der Waals surface area (Å²) >= 11 is 0. The number of morpholine rings is 1. The smallest absolute Gasteiger partial charge is 0.322 e. The molecule has 1 atom stereocenters. The second kappa shape index (κ2) is 6.80. The molecular formula is C13H18N4O4. The number of amidine groups is 1. The lowest BCUT2D eigenvalue weighted by atomic mass is 10.2. The van der Waals surface area contributed by atoms with Crippen LogP contribution in [0, 0.1) is 0 Å². The molecule has 1 aromatic carbocycles. The van der Waals surface area contributed by atoms with Gasteiger partial charge in [0, 0.05) is 12.2 Å². The van der Waals surface area contributed by atoms with Gasteiger partial charge in [0.1, 0.15) is 11.9 Å². The third kappa shape index (κ3) is 3.76. The van der Waals surface area contributed by atoms with E-state index in [2.05, 4.69) is 10.5 Å². The van der Waals surface area contributed by atoms with Crippen LogP contribution in [-0.2, 0) is 4.74 Å². The number of oxime groups is 1. The average molecular weight is 294 g/mol. The number of nitrogens with two attached hydrogens (primary N) is 1. The van der Waals surface area contributed by atoms with Crippen molar-refractivity contribution in [1.29, 1.82) is 0 Å². The average Bonchev–Trinajstić information content (AvgIpc) is 2.55. The van der Waals surface area contributed by atoms with Crippen molar-refractivity contribution < 1.29 is 19.5 Å². The molecule has 8 heteroatoms. The van der Waals surface area contributed by atoms with Crippen LogP contribution in [-0.4, -0.2) is 54.9 Å². The number of hydrogen-bond donors (Lipinski definition) is 3. The SMILES string of the molecule is COc1ccc(NC(=O)N2CCOC(C(N)=NO)C2)cc1. The van der Waals surface area contributed by atoms with E-state index < -0.39 is 6.10 Å². The fourth-order valence-electron chi connectivity index (χ4n) is 1.95. The van der Waals surface area contributed by atoms with E-state index in [1.165, 1.54) is 0 Å². The predicted molar refractivity (Wildman–Crippen MR) is 76.7 cm³/mol. The first-order valence-electron chi connectivity index (χ1n) is 6.43. The number of benzene rings is 1. The monoisotopic (exact) mass is 294 g/mol. The van der Waals surface area contributed by atoms with Crippen molar-refractivity contribution in [3.63, 3.8) is 0 Å². The van der Waals surface area contributed by atoms with E-state index in [0.717, 1.165) is 0 Å².